The molecular weight excluding hydrogens is 299 g/mol. The van der Waals surface area contributed by atoms with Crippen LogP contribution in [0, 0.1) is 20.2 Å². The van der Waals surface area contributed by atoms with Crippen LogP contribution in [0.3, 0.4) is 0 Å². The fraction of sp³-hybridized carbons (Fsp3) is 0.400. The molecule has 1 rings (SSSR count). The molecule has 1 unspecified atom stereocenters. The third kappa shape index (κ3) is 4.56. The quantitative estimate of drug-likeness (QED) is 0.614. The smallest absolute Gasteiger partial charge is 0.384 e. The summed E-state index contributed by atoms with van der Waals surface area (Å²) in [7, 11) is 0. The summed E-state index contributed by atoms with van der Waals surface area (Å²) in [5.74, 6) is 0. The number of alkyl halides is 3. The number of nitrogens with one attached hydrogen (secondary N) is 1. The van der Waals surface area contributed by atoms with Gasteiger partial charge in [0, 0.05) is 12.6 Å². The monoisotopic (exact) mass is 309 g/mol. The summed E-state index contributed by atoms with van der Waals surface area (Å²) in [5.41, 5.74) is -1.31. The molecule has 1 aromatic rings. The summed E-state index contributed by atoms with van der Waals surface area (Å²) in [6.45, 7) is -0.390. The molecule has 116 valence electrons. The van der Waals surface area contributed by atoms with Crippen LogP contribution in [0.2, 0.25) is 0 Å². The molecule has 0 aliphatic heterocycles. The summed E-state index contributed by atoms with van der Waals surface area (Å²) in [6.07, 6.45) is -8.04. The Morgan fingerprint density at radius 2 is 1.86 bits per heavy atom. The second-order valence-electron chi connectivity index (χ2n) is 3.99. The first-order valence-electron chi connectivity index (χ1n) is 5.54. The van der Waals surface area contributed by atoms with Crippen molar-refractivity contribution >= 4 is 17.1 Å². The molecule has 0 spiro atoms. The molecule has 0 heterocycles. The first-order chi connectivity index (χ1) is 9.62. The summed E-state index contributed by atoms with van der Waals surface area (Å²) in [4.78, 5) is 19.5. The van der Waals surface area contributed by atoms with Gasteiger partial charge in [-0.05, 0) is 12.5 Å². The van der Waals surface area contributed by atoms with Crippen LogP contribution in [0.4, 0.5) is 30.2 Å². The standard InChI is InChI=1S/C10H10F3N3O5/c11-10(12,13)9(17)3-4-14-7-2-1-6(15(18)19)5-8(7)16(20)21/h1-2,5,9,14,17H,3-4H2. The lowest BCUT2D eigenvalue weighted by atomic mass is 10.2. The number of anilines is 1. The van der Waals surface area contributed by atoms with Gasteiger partial charge in [0.1, 0.15) is 5.69 Å². The van der Waals surface area contributed by atoms with Crippen molar-refractivity contribution in [2.24, 2.45) is 0 Å². The lowest BCUT2D eigenvalue weighted by Gasteiger charge is -2.14. The third-order valence-electron chi connectivity index (χ3n) is 2.50. The van der Waals surface area contributed by atoms with Gasteiger partial charge in [-0.25, -0.2) is 0 Å². The summed E-state index contributed by atoms with van der Waals surface area (Å²) in [5, 5.41) is 32.4. The second kappa shape index (κ2) is 6.35. The van der Waals surface area contributed by atoms with E-state index in [1.165, 1.54) is 0 Å². The number of nitrogens with zero attached hydrogens (tertiary/aromatic N) is 2. The Labute approximate surface area is 115 Å². The Balaban J connectivity index is 2.80. The van der Waals surface area contributed by atoms with Crippen LogP contribution >= 0.6 is 0 Å². The number of nitro benzene ring substituents is 2. The number of hydrogen-bond donors (Lipinski definition) is 2. The summed E-state index contributed by atoms with van der Waals surface area (Å²) < 4.78 is 36.2. The SMILES string of the molecule is O=[N+]([O-])c1ccc(NCCC(O)C(F)(F)F)c([N+](=O)[O-])c1. The predicted molar refractivity (Wildman–Crippen MR) is 64.9 cm³/mol. The molecule has 0 bridgehead atoms. The first-order valence-corrected chi connectivity index (χ1v) is 5.54. The molecule has 0 fully saturated rings. The van der Waals surface area contributed by atoms with E-state index in [1.54, 1.807) is 0 Å². The van der Waals surface area contributed by atoms with E-state index in [0.29, 0.717) is 6.07 Å². The van der Waals surface area contributed by atoms with Crippen LogP contribution in [0.25, 0.3) is 0 Å². The average Bonchev–Trinajstić information content (AvgIpc) is 2.37. The molecule has 0 aromatic heterocycles. The van der Waals surface area contributed by atoms with Crippen molar-refractivity contribution in [1.29, 1.82) is 0 Å². The van der Waals surface area contributed by atoms with Crippen molar-refractivity contribution in [3.63, 3.8) is 0 Å². The molecule has 0 aliphatic rings. The number of hydrogen-bond acceptors (Lipinski definition) is 6. The minimum atomic E-state index is -4.77. The highest BCUT2D eigenvalue weighted by molar-refractivity contribution is 5.65. The van der Waals surface area contributed by atoms with Crippen LogP contribution < -0.4 is 5.32 Å². The third-order valence-corrected chi connectivity index (χ3v) is 2.50. The van der Waals surface area contributed by atoms with Crippen LogP contribution in [0.15, 0.2) is 18.2 Å². The molecule has 8 nitrogen and oxygen atoms in total. The number of benzene rings is 1. The largest absolute Gasteiger partial charge is 0.414 e. The van der Waals surface area contributed by atoms with E-state index < -0.39 is 39.9 Å². The molecule has 2 N–H and O–H groups in total. The number of aliphatic hydroxyl groups excluding tert-OH is 1. The van der Waals surface area contributed by atoms with Crippen molar-refractivity contribution < 1.29 is 28.1 Å². The van der Waals surface area contributed by atoms with Gasteiger partial charge in [0.05, 0.1) is 15.9 Å². The molecule has 1 atom stereocenters. The van der Waals surface area contributed by atoms with Crippen molar-refractivity contribution in [3.8, 4) is 0 Å². The summed E-state index contributed by atoms with van der Waals surface area (Å²) >= 11 is 0. The van der Waals surface area contributed by atoms with Crippen LogP contribution in [0.5, 0.6) is 0 Å². The van der Waals surface area contributed by atoms with E-state index >= 15 is 0 Å². The second-order valence-corrected chi connectivity index (χ2v) is 3.99. The zero-order valence-corrected chi connectivity index (χ0v) is 10.3. The van der Waals surface area contributed by atoms with Crippen LogP contribution in [0.1, 0.15) is 6.42 Å². The minimum absolute atomic E-state index is 0.167. The van der Waals surface area contributed by atoms with Crippen molar-refractivity contribution in [3.05, 3.63) is 38.4 Å². The van der Waals surface area contributed by atoms with Gasteiger partial charge in [0.2, 0.25) is 0 Å². The van der Waals surface area contributed by atoms with E-state index in [0.717, 1.165) is 12.1 Å². The average molecular weight is 309 g/mol. The maximum atomic E-state index is 12.1. The molecule has 0 amide bonds. The van der Waals surface area contributed by atoms with Gasteiger partial charge in [-0.2, -0.15) is 13.2 Å². The number of halogens is 3. The number of nitro groups is 2. The Kier molecular flexibility index (Phi) is 5.02. The van der Waals surface area contributed by atoms with Crippen LogP contribution in [-0.2, 0) is 0 Å². The van der Waals surface area contributed by atoms with Gasteiger partial charge in [-0.15, -0.1) is 0 Å². The molecule has 0 saturated carbocycles. The lowest BCUT2D eigenvalue weighted by Crippen LogP contribution is -2.30. The van der Waals surface area contributed by atoms with Crippen molar-refractivity contribution in [2.75, 3.05) is 11.9 Å². The fourth-order valence-electron chi connectivity index (χ4n) is 1.44. The van der Waals surface area contributed by atoms with Gasteiger partial charge < -0.3 is 10.4 Å². The van der Waals surface area contributed by atoms with Crippen LogP contribution in [-0.4, -0.2) is 33.8 Å². The lowest BCUT2D eigenvalue weighted by molar-refractivity contribution is -0.393. The fourth-order valence-corrected chi connectivity index (χ4v) is 1.44. The highest BCUT2D eigenvalue weighted by Gasteiger charge is 2.37. The van der Waals surface area contributed by atoms with Gasteiger partial charge in [-0.1, -0.05) is 0 Å². The van der Waals surface area contributed by atoms with Gasteiger partial charge >= 0.3 is 6.18 Å². The van der Waals surface area contributed by atoms with E-state index in [1.807, 2.05) is 0 Å². The van der Waals surface area contributed by atoms with Crippen molar-refractivity contribution in [2.45, 2.75) is 18.7 Å². The maximum Gasteiger partial charge on any atom is 0.414 e. The van der Waals surface area contributed by atoms with Gasteiger partial charge in [0.15, 0.2) is 6.10 Å². The Morgan fingerprint density at radius 1 is 1.24 bits per heavy atom. The van der Waals surface area contributed by atoms with E-state index in [4.69, 9.17) is 5.11 Å². The molecule has 0 radical (unpaired) electrons. The molecule has 0 aliphatic carbocycles. The van der Waals surface area contributed by atoms with Gasteiger partial charge in [-0.3, -0.25) is 20.2 Å². The molecular formula is C10H10F3N3O5. The van der Waals surface area contributed by atoms with E-state index in [-0.39, 0.29) is 12.2 Å². The van der Waals surface area contributed by atoms with Gasteiger partial charge in [0.25, 0.3) is 11.4 Å². The predicted octanol–water partition coefficient (Wildman–Crippen LogP) is 2.23. The number of aliphatic hydroxyl groups is 1. The van der Waals surface area contributed by atoms with Crippen molar-refractivity contribution in [1.82, 2.24) is 0 Å². The molecule has 0 saturated heterocycles. The molecule has 1 aromatic carbocycles. The zero-order chi connectivity index (χ0) is 16.2. The number of rotatable bonds is 6. The highest BCUT2D eigenvalue weighted by atomic mass is 19.4. The van der Waals surface area contributed by atoms with E-state index in [9.17, 15) is 33.4 Å². The first kappa shape index (κ1) is 16.6. The highest BCUT2D eigenvalue weighted by Crippen LogP contribution is 2.29. The topological polar surface area (TPSA) is 119 Å². The molecule has 21 heavy (non-hydrogen) atoms. The normalized spacial score (nSPS) is 12.8. The Bertz CT molecular complexity index is 549. The maximum absolute atomic E-state index is 12.1. The number of non-ortho nitro benzene ring substituents is 1. The Morgan fingerprint density at radius 3 is 2.33 bits per heavy atom. The minimum Gasteiger partial charge on any atom is -0.384 e. The molecule has 11 heteroatoms. The summed E-state index contributed by atoms with van der Waals surface area (Å²) in [6, 6.07) is 2.70. The van der Waals surface area contributed by atoms with E-state index in [2.05, 4.69) is 5.32 Å². The Hall–Kier alpha value is -2.43. The zero-order valence-electron chi connectivity index (χ0n) is 10.3.